The van der Waals surface area contributed by atoms with Gasteiger partial charge in [-0.1, -0.05) is 13.8 Å². The first kappa shape index (κ1) is 10.4. The molecule has 0 aliphatic carbocycles. The Kier molecular flexibility index (Phi) is 3.52. The molecule has 0 aromatic carbocycles. The summed E-state index contributed by atoms with van der Waals surface area (Å²) in [5.74, 6) is -0.229. The summed E-state index contributed by atoms with van der Waals surface area (Å²) in [6, 6.07) is 0. The second kappa shape index (κ2) is 3.72. The highest BCUT2D eigenvalue weighted by atomic mass is 16.1. The Morgan fingerprint density at radius 3 is 1.73 bits per heavy atom. The summed E-state index contributed by atoms with van der Waals surface area (Å²) in [5, 5.41) is 0. The van der Waals surface area contributed by atoms with Crippen LogP contribution in [0, 0.1) is 0 Å². The molecule has 0 heterocycles. The van der Waals surface area contributed by atoms with Crippen LogP contribution in [-0.2, 0) is 4.79 Å². The Morgan fingerprint density at radius 1 is 1.36 bits per heavy atom. The monoisotopic (exact) mass is 158 g/mol. The SMILES string of the molecule is CCC(CC)(C(N)=O)N(C)C. The van der Waals surface area contributed by atoms with Gasteiger partial charge in [-0.2, -0.15) is 0 Å². The molecule has 0 fully saturated rings. The average molecular weight is 158 g/mol. The molecule has 0 aromatic heterocycles. The van der Waals surface area contributed by atoms with Gasteiger partial charge < -0.3 is 5.73 Å². The first-order chi connectivity index (χ1) is 5.01. The van der Waals surface area contributed by atoms with Gasteiger partial charge in [0.1, 0.15) is 0 Å². The second-order valence-corrected chi connectivity index (χ2v) is 3.00. The second-order valence-electron chi connectivity index (χ2n) is 3.00. The lowest BCUT2D eigenvalue weighted by Crippen LogP contribution is -2.53. The molecule has 11 heavy (non-hydrogen) atoms. The van der Waals surface area contributed by atoms with Crippen LogP contribution in [-0.4, -0.2) is 30.4 Å². The molecular formula is C8H18N2O. The first-order valence-electron chi connectivity index (χ1n) is 3.98. The molecule has 0 saturated carbocycles. The Morgan fingerprint density at radius 2 is 1.73 bits per heavy atom. The number of amides is 1. The van der Waals surface area contributed by atoms with Crippen molar-refractivity contribution in [1.82, 2.24) is 4.90 Å². The highest BCUT2D eigenvalue weighted by Crippen LogP contribution is 2.20. The number of likely N-dealkylation sites (N-methyl/N-ethyl adjacent to an activating group) is 1. The molecule has 0 saturated heterocycles. The zero-order chi connectivity index (χ0) is 9.07. The van der Waals surface area contributed by atoms with Crippen molar-refractivity contribution in [3.05, 3.63) is 0 Å². The van der Waals surface area contributed by atoms with Crippen LogP contribution in [0.3, 0.4) is 0 Å². The highest BCUT2D eigenvalue weighted by molar-refractivity contribution is 5.84. The molecule has 0 aromatic rings. The Hall–Kier alpha value is -0.570. The Labute approximate surface area is 68.6 Å². The summed E-state index contributed by atoms with van der Waals surface area (Å²) < 4.78 is 0. The topological polar surface area (TPSA) is 46.3 Å². The maximum atomic E-state index is 11.1. The molecule has 0 bridgehead atoms. The van der Waals surface area contributed by atoms with Crippen LogP contribution in [0.4, 0.5) is 0 Å². The molecule has 0 radical (unpaired) electrons. The van der Waals surface area contributed by atoms with Crippen LogP contribution in [0.25, 0.3) is 0 Å². The van der Waals surface area contributed by atoms with Crippen LogP contribution in [0.1, 0.15) is 26.7 Å². The van der Waals surface area contributed by atoms with Gasteiger partial charge in [-0.3, -0.25) is 9.69 Å². The van der Waals surface area contributed by atoms with Crippen molar-refractivity contribution in [3.8, 4) is 0 Å². The van der Waals surface area contributed by atoms with Gasteiger partial charge in [-0.05, 0) is 26.9 Å². The number of primary amides is 1. The summed E-state index contributed by atoms with van der Waals surface area (Å²) in [6.07, 6.45) is 1.54. The predicted molar refractivity (Wildman–Crippen MR) is 46.2 cm³/mol. The zero-order valence-electron chi connectivity index (χ0n) is 7.85. The number of hydrogen-bond donors (Lipinski definition) is 1. The lowest BCUT2D eigenvalue weighted by molar-refractivity contribution is -0.129. The number of nitrogens with two attached hydrogens (primary N) is 1. The minimum atomic E-state index is -0.444. The van der Waals surface area contributed by atoms with Gasteiger partial charge in [0.25, 0.3) is 0 Å². The third-order valence-corrected chi connectivity index (χ3v) is 2.48. The van der Waals surface area contributed by atoms with Crippen molar-refractivity contribution in [2.24, 2.45) is 5.73 Å². The summed E-state index contributed by atoms with van der Waals surface area (Å²) in [7, 11) is 3.77. The van der Waals surface area contributed by atoms with Crippen LogP contribution < -0.4 is 5.73 Å². The van der Waals surface area contributed by atoms with Gasteiger partial charge in [0, 0.05) is 0 Å². The van der Waals surface area contributed by atoms with Gasteiger partial charge in [0.2, 0.25) is 5.91 Å². The molecule has 66 valence electrons. The molecule has 0 spiro atoms. The van der Waals surface area contributed by atoms with Gasteiger partial charge in [-0.25, -0.2) is 0 Å². The van der Waals surface area contributed by atoms with Crippen LogP contribution in [0.2, 0.25) is 0 Å². The number of carbonyl (C=O) groups excluding carboxylic acids is 1. The smallest absolute Gasteiger partial charge is 0.237 e. The van der Waals surface area contributed by atoms with Crippen LogP contribution in [0.5, 0.6) is 0 Å². The van der Waals surface area contributed by atoms with Crippen molar-refractivity contribution in [1.29, 1.82) is 0 Å². The van der Waals surface area contributed by atoms with E-state index in [0.29, 0.717) is 0 Å². The lowest BCUT2D eigenvalue weighted by atomic mass is 9.91. The standard InChI is InChI=1S/C8H18N2O/c1-5-8(6-2,7(9)11)10(3)4/h5-6H2,1-4H3,(H2,9,11). The van der Waals surface area contributed by atoms with E-state index in [2.05, 4.69) is 0 Å². The normalized spacial score (nSPS) is 12.1. The summed E-state index contributed by atoms with van der Waals surface area (Å²) >= 11 is 0. The molecule has 0 unspecified atom stereocenters. The lowest BCUT2D eigenvalue weighted by Gasteiger charge is -2.35. The fourth-order valence-corrected chi connectivity index (χ4v) is 1.45. The molecular weight excluding hydrogens is 140 g/mol. The third-order valence-electron chi connectivity index (χ3n) is 2.48. The molecule has 0 rings (SSSR count). The number of hydrogen-bond acceptors (Lipinski definition) is 2. The minimum Gasteiger partial charge on any atom is -0.368 e. The third kappa shape index (κ3) is 1.71. The van der Waals surface area contributed by atoms with Crippen molar-refractivity contribution >= 4 is 5.91 Å². The maximum absolute atomic E-state index is 11.1. The molecule has 2 N–H and O–H groups in total. The van der Waals surface area contributed by atoms with E-state index < -0.39 is 5.54 Å². The first-order valence-corrected chi connectivity index (χ1v) is 3.98. The van der Waals surface area contributed by atoms with Crippen molar-refractivity contribution in [2.75, 3.05) is 14.1 Å². The van der Waals surface area contributed by atoms with Crippen molar-refractivity contribution in [3.63, 3.8) is 0 Å². The molecule has 0 aliphatic heterocycles. The van der Waals surface area contributed by atoms with Gasteiger partial charge in [-0.15, -0.1) is 0 Å². The van der Waals surface area contributed by atoms with E-state index in [1.807, 2.05) is 32.8 Å². The summed E-state index contributed by atoms with van der Waals surface area (Å²) in [6.45, 7) is 3.96. The molecule has 1 amide bonds. The van der Waals surface area contributed by atoms with Crippen molar-refractivity contribution in [2.45, 2.75) is 32.2 Å². The predicted octanol–water partition coefficient (Wildman–Crippen LogP) is 0.592. The molecule has 0 atom stereocenters. The minimum absolute atomic E-state index is 0.229. The van der Waals surface area contributed by atoms with E-state index in [1.54, 1.807) is 0 Å². The van der Waals surface area contributed by atoms with E-state index in [-0.39, 0.29) is 5.91 Å². The average Bonchev–Trinajstić information content (AvgIpc) is 1.90. The maximum Gasteiger partial charge on any atom is 0.237 e. The Bertz CT molecular complexity index is 139. The summed E-state index contributed by atoms with van der Waals surface area (Å²) in [5.41, 5.74) is 4.87. The van der Waals surface area contributed by atoms with Gasteiger partial charge in [0.05, 0.1) is 5.54 Å². The van der Waals surface area contributed by atoms with Gasteiger partial charge in [0.15, 0.2) is 0 Å². The molecule has 3 heteroatoms. The van der Waals surface area contributed by atoms with E-state index in [9.17, 15) is 4.79 Å². The van der Waals surface area contributed by atoms with E-state index in [0.717, 1.165) is 12.8 Å². The Balaban J connectivity index is 4.61. The van der Waals surface area contributed by atoms with Gasteiger partial charge >= 0.3 is 0 Å². The quantitative estimate of drug-likeness (QED) is 0.651. The summed E-state index contributed by atoms with van der Waals surface area (Å²) in [4.78, 5) is 13.0. The largest absolute Gasteiger partial charge is 0.368 e. The molecule has 3 nitrogen and oxygen atoms in total. The number of nitrogens with zero attached hydrogens (tertiary/aromatic N) is 1. The van der Waals surface area contributed by atoms with E-state index in [4.69, 9.17) is 5.73 Å². The van der Waals surface area contributed by atoms with Crippen molar-refractivity contribution < 1.29 is 4.79 Å². The molecule has 0 aliphatic rings. The fourth-order valence-electron chi connectivity index (χ4n) is 1.45. The number of rotatable bonds is 4. The van der Waals surface area contributed by atoms with Crippen LogP contribution in [0.15, 0.2) is 0 Å². The fraction of sp³-hybridized carbons (Fsp3) is 0.875. The van der Waals surface area contributed by atoms with E-state index in [1.165, 1.54) is 0 Å². The zero-order valence-corrected chi connectivity index (χ0v) is 7.85. The highest BCUT2D eigenvalue weighted by Gasteiger charge is 2.34. The van der Waals surface area contributed by atoms with E-state index >= 15 is 0 Å². The van der Waals surface area contributed by atoms with Crippen LogP contribution >= 0.6 is 0 Å². The number of carbonyl (C=O) groups is 1.